The zero-order valence-corrected chi connectivity index (χ0v) is 10.1. The van der Waals surface area contributed by atoms with Crippen LogP contribution in [0.25, 0.3) is 0 Å². The Labute approximate surface area is 109 Å². The van der Waals surface area contributed by atoms with Gasteiger partial charge in [0.05, 0.1) is 5.02 Å². The molecule has 0 bridgehead atoms. The summed E-state index contributed by atoms with van der Waals surface area (Å²) in [5.74, 6) is -0.512. The maximum atomic E-state index is 11.9. The fourth-order valence-electron chi connectivity index (χ4n) is 1.51. The highest BCUT2D eigenvalue weighted by Gasteiger charge is 2.12. The second-order valence-corrected chi connectivity index (χ2v) is 4.12. The van der Waals surface area contributed by atoms with Crippen molar-refractivity contribution in [3.05, 3.63) is 53.1 Å². The van der Waals surface area contributed by atoms with Gasteiger partial charge in [-0.3, -0.25) is 4.79 Å². The fraction of sp³-hybridized carbons (Fsp3) is 0. The summed E-state index contributed by atoms with van der Waals surface area (Å²) in [4.78, 5) is 11.9. The lowest BCUT2D eigenvalue weighted by Gasteiger charge is -2.10. The molecule has 0 saturated heterocycles. The van der Waals surface area contributed by atoms with Crippen molar-refractivity contribution in [2.24, 2.45) is 0 Å². The molecule has 2 aromatic carbocycles. The first kappa shape index (κ1) is 12.3. The molecule has 0 spiro atoms. The molecule has 4 nitrogen and oxygen atoms in total. The summed E-state index contributed by atoms with van der Waals surface area (Å²) in [5.41, 5.74) is 6.47. The normalized spacial score (nSPS) is 10.1. The number of hydrogen-bond donors (Lipinski definition) is 3. The molecule has 0 unspecified atom stereocenters. The zero-order valence-electron chi connectivity index (χ0n) is 9.35. The minimum atomic E-state index is -0.349. The highest BCUT2D eigenvalue weighted by atomic mass is 35.5. The summed E-state index contributed by atoms with van der Waals surface area (Å²) in [6.07, 6.45) is 0. The van der Waals surface area contributed by atoms with Gasteiger partial charge in [0.15, 0.2) is 0 Å². The predicted octanol–water partition coefficient (Wildman–Crippen LogP) is 2.88. The molecular weight excluding hydrogens is 252 g/mol. The van der Waals surface area contributed by atoms with E-state index >= 15 is 0 Å². The summed E-state index contributed by atoms with van der Waals surface area (Å²) in [5, 5.41) is 12.4. The molecule has 0 aliphatic carbocycles. The van der Waals surface area contributed by atoms with Gasteiger partial charge in [-0.25, -0.2) is 0 Å². The van der Waals surface area contributed by atoms with E-state index in [4.69, 9.17) is 17.3 Å². The molecule has 0 heterocycles. The summed E-state index contributed by atoms with van der Waals surface area (Å²) >= 11 is 5.91. The molecule has 18 heavy (non-hydrogen) atoms. The van der Waals surface area contributed by atoms with Crippen molar-refractivity contribution < 1.29 is 9.90 Å². The molecule has 0 aromatic heterocycles. The second kappa shape index (κ2) is 4.98. The van der Waals surface area contributed by atoms with Crippen LogP contribution >= 0.6 is 11.6 Å². The van der Waals surface area contributed by atoms with Crippen LogP contribution in [-0.2, 0) is 0 Å². The number of anilines is 2. The van der Waals surface area contributed by atoms with Gasteiger partial charge in [-0.05, 0) is 18.2 Å². The number of nitrogens with one attached hydrogen (secondary N) is 1. The second-order valence-electron chi connectivity index (χ2n) is 3.72. The van der Waals surface area contributed by atoms with E-state index in [1.807, 2.05) is 6.07 Å². The van der Waals surface area contributed by atoms with Crippen LogP contribution in [0.4, 0.5) is 11.4 Å². The molecule has 0 aliphatic heterocycles. The summed E-state index contributed by atoms with van der Waals surface area (Å²) < 4.78 is 0. The van der Waals surface area contributed by atoms with E-state index < -0.39 is 0 Å². The van der Waals surface area contributed by atoms with Gasteiger partial charge in [0.2, 0.25) is 0 Å². The van der Waals surface area contributed by atoms with E-state index in [2.05, 4.69) is 5.32 Å². The first-order chi connectivity index (χ1) is 8.58. The molecule has 0 atom stereocenters. The molecular formula is C13H11ClN2O2. The Hall–Kier alpha value is -2.20. The molecule has 92 valence electrons. The van der Waals surface area contributed by atoms with Crippen molar-refractivity contribution in [2.45, 2.75) is 0 Å². The van der Waals surface area contributed by atoms with Crippen molar-refractivity contribution in [1.82, 2.24) is 0 Å². The van der Waals surface area contributed by atoms with Gasteiger partial charge in [0, 0.05) is 17.3 Å². The fourth-order valence-corrected chi connectivity index (χ4v) is 1.78. The van der Waals surface area contributed by atoms with E-state index in [0.29, 0.717) is 11.3 Å². The Bertz CT molecular complexity index is 562. The van der Waals surface area contributed by atoms with Crippen LogP contribution in [0, 0.1) is 0 Å². The third kappa shape index (κ3) is 2.55. The Morgan fingerprint density at radius 2 is 1.89 bits per heavy atom. The number of aromatic hydroxyl groups is 1. The lowest BCUT2D eigenvalue weighted by Crippen LogP contribution is -2.12. The number of benzene rings is 2. The number of carbonyl (C=O) groups is 1. The highest BCUT2D eigenvalue weighted by Crippen LogP contribution is 2.34. The van der Waals surface area contributed by atoms with Gasteiger partial charge in [-0.1, -0.05) is 29.8 Å². The van der Waals surface area contributed by atoms with Gasteiger partial charge in [-0.2, -0.15) is 0 Å². The van der Waals surface area contributed by atoms with Gasteiger partial charge in [0.25, 0.3) is 5.91 Å². The van der Waals surface area contributed by atoms with Crippen LogP contribution in [0.5, 0.6) is 5.75 Å². The number of hydrogen-bond acceptors (Lipinski definition) is 3. The Morgan fingerprint density at radius 1 is 1.22 bits per heavy atom. The average Bonchev–Trinajstić information content (AvgIpc) is 2.34. The van der Waals surface area contributed by atoms with E-state index in [9.17, 15) is 9.90 Å². The SMILES string of the molecule is Nc1cc(O)c(NC(=O)c2ccccc2)c(Cl)c1. The topological polar surface area (TPSA) is 75.3 Å². The predicted molar refractivity (Wildman–Crippen MR) is 71.9 cm³/mol. The van der Waals surface area contributed by atoms with Crippen molar-refractivity contribution in [3.63, 3.8) is 0 Å². The number of nitrogens with two attached hydrogens (primary N) is 1. The average molecular weight is 263 g/mol. The van der Waals surface area contributed by atoms with Gasteiger partial charge in [0.1, 0.15) is 11.4 Å². The zero-order chi connectivity index (χ0) is 13.1. The highest BCUT2D eigenvalue weighted by molar-refractivity contribution is 6.34. The number of halogens is 1. The molecule has 4 N–H and O–H groups in total. The van der Waals surface area contributed by atoms with E-state index in [0.717, 1.165) is 0 Å². The van der Waals surface area contributed by atoms with Crippen LogP contribution in [0.3, 0.4) is 0 Å². The Kier molecular flexibility index (Phi) is 3.39. The number of amides is 1. The molecule has 1 amide bonds. The number of rotatable bonds is 2. The summed E-state index contributed by atoms with van der Waals surface area (Å²) in [6, 6.07) is 11.4. The number of carbonyl (C=O) groups excluding carboxylic acids is 1. The largest absolute Gasteiger partial charge is 0.506 e. The van der Waals surface area contributed by atoms with Crippen molar-refractivity contribution in [2.75, 3.05) is 11.1 Å². The minimum absolute atomic E-state index is 0.153. The minimum Gasteiger partial charge on any atom is -0.506 e. The van der Waals surface area contributed by atoms with Gasteiger partial charge in [-0.15, -0.1) is 0 Å². The van der Waals surface area contributed by atoms with E-state index in [1.165, 1.54) is 12.1 Å². The van der Waals surface area contributed by atoms with Crippen molar-refractivity contribution >= 4 is 28.9 Å². The van der Waals surface area contributed by atoms with Crippen LogP contribution in [-0.4, -0.2) is 11.0 Å². The Balaban J connectivity index is 2.28. The maximum absolute atomic E-state index is 11.9. The van der Waals surface area contributed by atoms with Gasteiger partial charge < -0.3 is 16.2 Å². The van der Waals surface area contributed by atoms with Crippen LogP contribution in [0.2, 0.25) is 5.02 Å². The molecule has 0 saturated carbocycles. The third-order valence-electron chi connectivity index (χ3n) is 2.37. The van der Waals surface area contributed by atoms with Crippen molar-refractivity contribution in [1.29, 1.82) is 0 Å². The number of nitrogen functional groups attached to an aromatic ring is 1. The molecule has 2 aromatic rings. The van der Waals surface area contributed by atoms with Gasteiger partial charge >= 0.3 is 0 Å². The van der Waals surface area contributed by atoms with Crippen LogP contribution in [0.1, 0.15) is 10.4 Å². The molecule has 0 radical (unpaired) electrons. The van der Waals surface area contributed by atoms with Crippen LogP contribution < -0.4 is 11.1 Å². The third-order valence-corrected chi connectivity index (χ3v) is 2.66. The van der Waals surface area contributed by atoms with E-state index in [-0.39, 0.29) is 22.4 Å². The van der Waals surface area contributed by atoms with Crippen molar-refractivity contribution in [3.8, 4) is 5.75 Å². The number of phenolic OH excluding ortho intramolecular Hbond substituents is 1. The maximum Gasteiger partial charge on any atom is 0.255 e. The molecule has 5 heteroatoms. The first-order valence-electron chi connectivity index (χ1n) is 5.22. The lowest BCUT2D eigenvalue weighted by atomic mass is 10.2. The monoisotopic (exact) mass is 262 g/mol. The van der Waals surface area contributed by atoms with Crippen LogP contribution in [0.15, 0.2) is 42.5 Å². The number of phenols is 1. The summed E-state index contributed by atoms with van der Waals surface area (Å²) in [6.45, 7) is 0. The quantitative estimate of drug-likeness (QED) is 0.575. The molecule has 0 aliphatic rings. The molecule has 0 fully saturated rings. The Morgan fingerprint density at radius 3 is 2.50 bits per heavy atom. The first-order valence-corrected chi connectivity index (χ1v) is 5.60. The molecule has 2 rings (SSSR count). The smallest absolute Gasteiger partial charge is 0.255 e. The summed E-state index contributed by atoms with van der Waals surface area (Å²) in [7, 11) is 0. The lowest BCUT2D eigenvalue weighted by molar-refractivity contribution is 0.102. The van der Waals surface area contributed by atoms with E-state index in [1.54, 1.807) is 24.3 Å². The standard InChI is InChI=1S/C13H11ClN2O2/c14-10-6-9(15)7-11(17)12(10)16-13(18)8-4-2-1-3-5-8/h1-7,17H,15H2,(H,16,18).